The Morgan fingerprint density at radius 2 is 1.90 bits per heavy atom. The van der Waals surface area contributed by atoms with Crippen molar-refractivity contribution in [1.82, 2.24) is 9.80 Å². The second-order valence-electron chi connectivity index (χ2n) is 8.19. The fraction of sp³-hybridized carbons (Fsp3) is 0.500. The number of benzene rings is 1. The SMILES string of the molecule is CCCN(CC(=O)N1CCc2sccc2[C@@H]1c1ccccc1)C(=O)C1CCCC1. The number of hydrogen-bond acceptors (Lipinski definition) is 3. The van der Waals surface area contributed by atoms with Crippen LogP contribution in [0.2, 0.25) is 0 Å². The normalized spacial score (nSPS) is 19.2. The maximum Gasteiger partial charge on any atom is 0.242 e. The van der Waals surface area contributed by atoms with E-state index >= 15 is 0 Å². The van der Waals surface area contributed by atoms with Crippen molar-refractivity contribution in [3.63, 3.8) is 0 Å². The second-order valence-corrected chi connectivity index (χ2v) is 9.19. The highest BCUT2D eigenvalue weighted by atomic mass is 32.1. The van der Waals surface area contributed by atoms with Crippen LogP contribution < -0.4 is 0 Å². The third-order valence-corrected chi connectivity index (χ3v) is 7.23. The number of carbonyl (C=O) groups is 2. The predicted molar refractivity (Wildman–Crippen MR) is 117 cm³/mol. The zero-order valence-electron chi connectivity index (χ0n) is 17.2. The molecular formula is C24H30N2O2S. The summed E-state index contributed by atoms with van der Waals surface area (Å²) in [5.74, 6) is 0.363. The Hall–Kier alpha value is -2.14. The summed E-state index contributed by atoms with van der Waals surface area (Å²) in [6, 6.07) is 12.4. The highest BCUT2D eigenvalue weighted by molar-refractivity contribution is 7.10. The Labute approximate surface area is 177 Å². The quantitative estimate of drug-likeness (QED) is 0.695. The molecule has 2 heterocycles. The van der Waals surface area contributed by atoms with Crippen LogP contribution in [0.5, 0.6) is 0 Å². The van der Waals surface area contributed by atoms with Crippen molar-refractivity contribution in [2.75, 3.05) is 19.6 Å². The van der Waals surface area contributed by atoms with E-state index in [0.29, 0.717) is 13.1 Å². The first-order valence-electron chi connectivity index (χ1n) is 10.9. The van der Waals surface area contributed by atoms with Gasteiger partial charge in [-0.05, 0) is 48.3 Å². The van der Waals surface area contributed by atoms with Crippen LogP contribution in [0.25, 0.3) is 0 Å². The highest BCUT2D eigenvalue weighted by Gasteiger charge is 2.35. The number of rotatable bonds is 6. The average Bonchev–Trinajstić information content (AvgIpc) is 3.44. The van der Waals surface area contributed by atoms with Gasteiger partial charge >= 0.3 is 0 Å². The summed E-state index contributed by atoms with van der Waals surface area (Å²) in [5.41, 5.74) is 2.38. The molecule has 1 aromatic carbocycles. The number of nitrogens with zero attached hydrogens (tertiary/aromatic N) is 2. The van der Waals surface area contributed by atoms with Gasteiger partial charge in [0, 0.05) is 23.9 Å². The smallest absolute Gasteiger partial charge is 0.242 e. The third-order valence-electron chi connectivity index (χ3n) is 6.24. The Balaban J connectivity index is 1.56. The summed E-state index contributed by atoms with van der Waals surface area (Å²) in [7, 11) is 0. The second kappa shape index (κ2) is 9.12. The summed E-state index contributed by atoms with van der Waals surface area (Å²) in [6.07, 6.45) is 5.99. The first-order chi connectivity index (χ1) is 14.2. The minimum Gasteiger partial charge on any atom is -0.333 e. The largest absolute Gasteiger partial charge is 0.333 e. The lowest BCUT2D eigenvalue weighted by Gasteiger charge is -2.38. The lowest BCUT2D eigenvalue weighted by atomic mass is 9.93. The molecule has 0 saturated heterocycles. The molecule has 0 bridgehead atoms. The van der Waals surface area contributed by atoms with Crippen molar-refractivity contribution < 1.29 is 9.59 Å². The fourth-order valence-electron chi connectivity index (χ4n) is 4.80. The number of fused-ring (bicyclic) bond motifs is 1. The van der Waals surface area contributed by atoms with Crippen molar-refractivity contribution in [2.45, 2.75) is 51.5 Å². The van der Waals surface area contributed by atoms with E-state index in [2.05, 4.69) is 30.5 Å². The molecule has 0 spiro atoms. The van der Waals surface area contributed by atoms with Gasteiger partial charge in [-0.2, -0.15) is 0 Å². The molecule has 154 valence electrons. The number of thiophene rings is 1. The summed E-state index contributed by atoms with van der Waals surface area (Å²) < 4.78 is 0. The Bertz CT molecular complexity index is 842. The molecule has 5 heteroatoms. The highest BCUT2D eigenvalue weighted by Crippen LogP contribution is 2.38. The monoisotopic (exact) mass is 410 g/mol. The van der Waals surface area contributed by atoms with Crippen LogP contribution in [-0.4, -0.2) is 41.2 Å². The summed E-state index contributed by atoms with van der Waals surface area (Å²) in [6.45, 7) is 3.65. The molecule has 2 aromatic rings. The summed E-state index contributed by atoms with van der Waals surface area (Å²) in [4.78, 5) is 31.7. The van der Waals surface area contributed by atoms with Crippen LogP contribution in [0.15, 0.2) is 41.8 Å². The van der Waals surface area contributed by atoms with Crippen LogP contribution in [0.1, 0.15) is 61.1 Å². The molecule has 4 rings (SSSR count). The van der Waals surface area contributed by atoms with Crippen LogP contribution in [-0.2, 0) is 16.0 Å². The van der Waals surface area contributed by atoms with Crippen LogP contribution >= 0.6 is 11.3 Å². The van der Waals surface area contributed by atoms with E-state index in [-0.39, 0.29) is 30.3 Å². The van der Waals surface area contributed by atoms with E-state index in [4.69, 9.17) is 0 Å². The lowest BCUT2D eigenvalue weighted by Crippen LogP contribution is -2.48. The Morgan fingerprint density at radius 3 is 2.62 bits per heavy atom. The molecule has 29 heavy (non-hydrogen) atoms. The van der Waals surface area contributed by atoms with E-state index < -0.39 is 0 Å². The van der Waals surface area contributed by atoms with Crippen molar-refractivity contribution in [2.24, 2.45) is 5.92 Å². The molecule has 2 aliphatic rings. The Morgan fingerprint density at radius 1 is 1.14 bits per heavy atom. The van der Waals surface area contributed by atoms with Crippen molar-refractivity contribution in [3.05, 3.63) is 57.8 Å². The molecule has 2 amide bonds. The van der Waals surface area contributed by atoms with Crippen LogP contribution in [0.3, 0.4) is 0 Å². The third kappa shape index (κ3) is 4.25. The molecule has 0 N–H and O–H groups in total. The molecular weight excluding hydrogens is 380 g/mol. The van der Waals surface area contributed by atoms with Crippen molar-refractivity contribution in [1.29, 1.82) is 0 Å². The zero-order chi connectivity index (χ0) is 20.2. The van der Waals surface area contributed by atoms with E-state index in [9.17, 15) is 9.59 Å². The maximum absolute atomic E-state index is 13.5. The van der Waals surface area contributed by atoms with Gasteiger partial charge in [0.25, 0.3) is 0 Å². The minimum absolute atomic E-state index is 0.0521. The zero-order valence-corrected chi connectivity index (χ0v) is 18.0. The van der Waals surface area contributed by atoms with E-state index in [1.807, 2.05) is 28.0 Å². The van der Waals surface area contributed by atoms with Crippen molar-refractivity contribution in [3.8, 4) is 0 Å². The van der Waals surface area contributed by atoms with Gasteiger partial charge in [0.15, 0.2) is 0 Å². The van der Waals surface area contributed by atoms with Crippen LogP contribution in [0, 0.1) is 5.92 Å². The topological polar surface area (TPSA) is 40.6 Å². The Kier molecular flexibility index (Phi) is 6.34. The van der Waals surface area contributed by atoms with E-state index in [1.165, 1.54) is 10.4 Å². The minimum atomic E-state index is -0.0521. The van der Waals surface area contributed by atoms with Crippen LogP contribution in [0.4, 0.5) is 0 Å². The van der Waals surface area contributed by atoms with Gasteiger partial charge in [0.1, 0.15) is 0 Å². The first-order valence-corrected chi connectivity index (χ1v) is 11.8. The summed E-state index contributed by atoms with van der Waals surface area (Å²) in [5, 5.41) is 2.13. The van der Waals surface area contributed by atoms with Gasteiger partial charge in [-0.15, -0.1) is 11.3 Å². The molecule has 4 nitrogen and oxygen atoms in total. The van der Waals surface area contributed by atoms with Gasteiger partial charge in [-0.25, -0.2) is 0 Å². The molecule has 1 saturated carbocycles. The predicted octanol–water partition coefficient (Wildman–Crippen LogP) is 4.65. The van der Waals surface area contributed by atoms with Gasteiger partial charge in [0.2, 0.25) is 11.8 Å². The molecule has 1 atom stereocenters. The average molecular weight is 411 g/mol. The van der Waals surface area contributed by atoms with Crippen molar-refractivity contribution >= 4 is 23.2 Å². The molecule has 1 fully saturated rings. The standard InChI is InChI=1S/C24H30N2O2S/c1-2-14-25(24(28)19-10-6-7-11-19)17-22(27)26-15-12-21-20(13-16-29-21)23(26)18-8-4-3-5-9-18/h3-5,8-9,13,16,19,23H,2,6-7,10-12,14-15,17H2,1H3/t23-/m0/s1. The van der Waals surface area contributed by atoms with Gasteiger partial charge in [-0.1, -0.05) is 50.1 Å². The molecule has 0 unspecified atom stereocenters. The van der Waals surface area contributed by atoms with Gasteiger partial charge < -0.3 is 9.80 Å². The lowest BCUT2D eigenvalue weighted by molar-refractivity contribution is -0.144. The molecule has 0 radical (unpaired) electrons. The fourth-order valence-corrected chi connectivity index (χ4v) is 5.71. The first kappa shape index (κ1) is 20.1. The number of hydrogen-bond donors (Lipinski definition) is 0. The van der Waals surface area contributed by atoms with E-state index in [1.54, 1.807) is 11.3 Å². The van der Waals surface area contributed by atoms with Gasteiger partial charge in [-0.3, -0.25) is 9.59 Å². The van der Waals surface area contributed by atoms with Gasteiger partial charge in [0.05, 0.1) is 12.6 Å². The summed E-state index contributed by atoms with van der Waals surface area (Å²) >= 11 is 1.78. The number of carbonyl (C=O) groups excluding carboxylic acids is 2. The number of amides is 2. The molecule has 1 aliphatic carbocycles. The molecule has 1 aromatic heterocycles. The maximum atomic E-state index is 13.5. The molecule has 1 aliphatic heterocycles. The van der Waals surface area contributed by atoms with E-state index in [0.717, 1.165) is 44.1 Å².